The molecule has 1 saturated heterocycles. The van der Waals surface area contributed by atoms with E-state index in [1.165, 1.54) is 23.1 Å². The van der Waals surface area contributed by atoms with Crippen LogP contribution in [0.25, 0.3) is 10.2 Å². The summed E-state index contributed by atoms with van der Waals surface area (Å²) in [4.78, 5) is 33.2. The molecule has 3 aromatic heterocycles. The fourth-order valence-electron chi connectivity index (χ4n) is 3.34. The van der Waals surface area contributed by atoms with Crippen molar-refractivity contribution in [3.05, 3.63) is 26.6 Å². The van der Waals surface area contributed by atoms with Gasteiger partial charge in [-0.15, -0.1) is 16.4 Å². The first-order valence-corrected chi connectivity index (χ1v) is 11.4. The summed E-state index contributed by atoms with van der Waals surface area (Å²) in [5.74, 6) is 0.0653. The number of thiophene rings is 1. The van der Waals surface area contributed by atoms with Crippen molar-refractivity contribution in [2.24, 2.45) is 0 Å². The van der Waals surface area contributed by atoms with Crippen molar-refractivity contribution in [2.75, 3.05) is 13.2 Å². The number of carbonyl (C=O) groups is 1. The summed E-state index contributed by atoms with van der Waals surface area (Å²) in [6.07, 6.45) is 2.16. The number of rotatable bonds is 7. The van der Waals surface area contributed by atoms with Crippen LogP contribution in [0, 0.1) is 6.92 Å². The van der Waals surface area contributed by atoms with Gasteiger partial charge in [0, 0.05) is 6.61 Å². The van der Waals surface area contributed by atoms with Gasteiger partial charge in [-0.1, -0.05) is 11.8 Å². The van der Waals surface area contributed by atoms with E-state index in [9.17, 15) is 9.59 Å². The Morgan fingerprint density at radius 1 is 1.50 bits per heavy atom. The number of aryl methyl sites for hydroxylation is 1. The minimum Gasteiger partial charge on any atom is -0.462 e. The van der Waals surface area contributed by atoms with Gasteiger partial charge >= 0.3 is 5.97 Å². The van der Waals surface area contributed by atoms with Crippen molar-refractivity contribution in [3.63, 3.8) is 0 Å². The molecule has 30 heavy (non-hydrogen) atoms. The molecule has 1 fully saturated rings. The fraction of sp³-hybridized carbons (Fsp3) is 0.556. The van der Waals surface area contributed by atoms with E-state index >= 15 is 0 Å². The largest absolute Gasteiger partial charge is 0.462 e. The average molecular weight is 451 g/mol. The van der Waals surface area contributed by atoms with Crippen LogP contribution in [0.1, 0.15) is 53.0 Å². The third-order valence-electron chi connectivity index (χ3n) is 4.85. The quantitative estimate of drug-likeness (QED) is 0.427. The predicted molar refractivity (Wildman–Crippen MR) is 112 cm³/mol. The second kappa shape index (κ2) is 8.82. The van der Waals surface area contributed by atoms with Gasteiger partial charge in [-0.2, -0.15) is 0 Å². The summed E-state index contributed by atoms with van der Waals surface area (Å²) in [5.41, 5.74) is 0.320. The van der Waals surface area contributed by atoms with Gasteiger partial charge in [0.1, 0.15) is 15.5 Å². The first-order valence-electron chi connectivity index (χ1n) is 9.72. The zero-order valence-electron chi connectivity index (χ0n) is 16.9. The number of H-pyrrole nitrogens is 1. The second-order valence-electron chi connectivity index (χ2n) is 6.95. The van der Waals surface area contributed by atoms with Gasteiger partial charge in [-0.3, -0.25) is 4.79 Å². The minimum atomic E-state index is -0.435. The third-order valence-corrected chi connectivity index (χ3v) is 7.09. The summed E-state index contributed by atoms with van der Waals surface area (Å²) >= 11 is 2.58. The highest BCUT2D eigenvalue weighted by atomic mass is 32.2. The van der Waals surface area contributed by atoms with Gasteiger partial charge < -0.3 is 14.5 Å². The van der Waals surface area contributed by atoms with E-state index in [0.29, 0.717) is 38.2 Å². The summed E-state index contributed by atoms with van der Waals surface area (Å²) in [7, 11) is 0. The molecule has 3 aromatic rings. The third kappa shape index (κ3) is 4.12. The zero-order valence-corrected chi connectivity index (χ0v) is 18.5. The Labute approximate surface area is 180 Å². The predicted octanol–water partition coefficient (Wildman–Crippen LogP) is 2.49. The molecule has 0 bridgehead atoms. The maximum absolute atomic E-state index is 12.7. The van der Waals surface area contributed by atoms with E-state index in [1.807, 2.05) is 6.92 Å². The van der Waals surface area contributed by atoms with Crippen molar-refractivity contribution in [1.82, 2.24) is 30.2 Å². The molecule has 4 heterocycles. The lowest BCUT2D eigenvalue weighted by atomic mass is 10.2. The van der Waals surface area contributed by atoms with E-state index < -0.39 is 5.97 Å². The molecule has 0 aliphatic carbocycles. The molecule has 10 nitrogen and oxygen atoms in total. The van der Waals surface area contributed by atoms with Crippen molar-refractivity contribution in [3.8, 4) is 0 Å². The summed E-state index contributed by atoms with van der Waals surface area (Å²) < 4.78 is 12.5. The van der Waals surface area contributed by atoms with E-state index in [0.717, 1.165) is 19.4 Å². The summed E-state index contributed by atoms with van der Waals surface area (Å²) in [5, 5.41) is 12.8. The smallest absolute Gasteiger partial charge is 0.348 e. The first-order chi connectivity index (χ1) is 14.5. The van der Waals surface area contributed by atoms with Crippen LogP contribution in [-0.2, 0) is 16.0 Å². The second-order valence-corrected chi connectivity index (χ2v) is 9.25. The Morgan fingerprint density at radius 2 is 2.33 bits per heavy atom. The van der Waals surface area contributed by atoms with E-state index in [-0.39, 0.29) is 23.5 Å². The molecule has 0 amide bonds. The van der Waals surface area contributed by atoms with Gasteiger partial charge in [0.2, 0.25) is 5.16 Å². The molecule has 4 rings (SSSR count). The Balaban J connectivity index is 1.58. The van der Waals surface area contributed by atoms with Crippen LogP contribution in [-0.4, -0.2) is 55.5 Å². The lowest BCUT2D eigenvalue weighted by Gasteiger charge is -2.12. The number of tetrazole rings is 1. The molecular formula is C18H22N6O4S2. The fourth-order valence-corrected chi connectivity index (χ4v) is 5.27. The van der Waals surface area contributed by atoms with Crippen LogP contribution in [0.2, 0.25) is 0 Å². The topological polar surface area (TPSA) is 125 Å². The van der Waals surface area contributed by atoms with Crippen molar-refractivity contribution < 1.29 is 14.3 Å². The normalized spacial score (nSPS) is 17.5. The van der Waals surface area contributed by atoms with Gasteiger partial charge in [-0.25, -0.2) is 14.5 Å². The average Bonchev–Trinajstić information content (AvgIpc) is 3.44. The molecule has 0 spiro atoms. The lowest BCUT2D eigenvalue weighted by molar-refractivity contribution is 0.0531. The Kier molecular flexibility index (Phi) is 6.16. The Bertz CT molecular complexity index is 1120. The molecule has 1 aliphatic heterocycles. The Hall–Kier alpha value is -2.31. The molecule has 1 aliphatic rings. The highest BCUT2D eigenvalue weighted by Gasteiger charge is 2.24. The van der Waals surface area contributed by atoms with Crippen LogP contribution in [0.3, 0.4) is 0 Å². The van der Waals surface area contributed by atoms with E-state index in [4.69, 9.17) is 9.47 Å². The number of esters is 1. The maximum Gasteiger partial charge on any atom is 0.348 e. The molecule has 160 valence electrons. The van der Waals surface area contributed by atoms with Crippen molar-refractivity contribution in [1.29, 1.82) is 0 Å². The molecule has 2 atom stereocenters. The molecule has 1 N–H and O–H groups in total. The van der Waals surface area contributed by atoms with E-state index in [2.05, 4.69) is 25.5 Å². The highest BCUT2D eigenvalue weighted by molar-refractivity contribution is 7.99. The summed E-state index contributed by atoms with van der Waals surface area (Å²) in [6.45, 7) is 7.04. The molecular weight excluding hydrogens is 428 g/mol. The van der Waals surface area contributed by atoms with E-state index in [1.54, 1.807) is 18.5 Å². The van der Waals surface area contributed by atoms with Crippen LogP contribution in [0.5, 0.6) is 0 Å². The number of nitrogens with zero attached hydrogens (tertiary/aromatic N) is 5. The number of hydrogen-bond donors (Lipinski definition) is 1. The lowest BCUT2D eigenvalue weighted by Crippen LogP contribution is -2.17. The summed E-state index contributed by atoms with van der Waals surface area (Å²) in [6, 6.07) is 0. The van der Waals surface area contributed by atoms with Gasteiger partial charge in [0.15, 0.2) is 0 Å². The first kappa shape index (κ1) is 20.9. The van der Waals surface area contributed by atoms with Crippen LogP contribution >= 0.6 is 23.1 Å². The number of carbonyl (C=O) groups excluding carboxylic acids is 1. The molecule has 0 unspecified atom stereocenters. The molecule has 0 radical (unpaired) electrons. The minimum absolute atomic E-state index is 0.118. The number of aromatic amines is 1. The number of fused-ring (bicyclic) bond motifs is 1. The molecule has 0 saturated carbocycles. The zero-order chi connectivity index (χ0) is 21.3. The monoisotopic (exact) mass is 450 g/mol. The molecule has 0 aromatic carbocycles. The number of thioether (sulfide) groups is 1. The van der Waals surface area contributed by atoms with Crippen LogP contribution < -0.4 is 5.56 Å². The van der Waals surface area contributed by atoms with Gasteiger partial charge in [-0.05, 0) is 49.6 Å². The number of hydrogen-bond acceptors (Lipinski definition) is 10. The van der Waals surface area contributed by atoms with Gasteiger partial charge in [0.25, 0.3) is 5.56 Å². The standard InChI is InChI=1S/C18H22N6O4S2/c1-4-27-17(26)13-9(2)12-15(25)19-14(20-16(12)30-13)10(3)29-18-21-22-23-24(18)8-11-6-5-7-28-11/h10-11H,4-8H2,1-3H3,(H,19,20,25)/t10-,11+/m0/s1. The van der Waals surface area contributed by atoms with Crippen molar-refractivity contribution in [2.45, 2.75) is 56.7 Å². The molecule has 12 heteroatoms. The van der Waals surface area contributed by atoms with Crippen LogP contribution in [0.15, 0.2) is 9.95 Å². The Morgan fingerprint density at radius 3 is 3.07 bits per heavy atom. The number of ether oxygens (including phenoxy) is 2. The highest BCUT2D eigenvalue weighted by Crippen LogP contribution is 2.34. The van der Waals surface area contributed by atoms with Gasteiger partial charge in [0.05, 0.1) is 29.9 Å². The maximum atomic E-state index is 12.7. The number of nitrogens with one attached hydrogen (secondary N) is 1. The SMILES string of the molecule is CCOC(=O)c1sc2nc([C@H](C)Sc3nnnn3C[C@H]3CCCO3)[nH]c(=O)c2c1C. The number of aromatic nitrogens is 6. The van der Waals surface area contributed by atoms with Crippen LogP contribution in [0.4, 0.5) is 0 Å². The van der Waals surface area contributed by atoms with Crippen molar-refractivity contribution >= 4 is 39.3 Å².